The summed E-state index contributed by atoms with van der Waals surface area (Å²) >= 11 is 11.7. The Morgan fingerprint density at radius 2 is 1.81 bits per heavy atom. The van der Waals surface area contributed by atoms with E-state index in [1.807, 2.05) is 0 Å². The summed E-state index contributed by atoms with van der Waals surface area (Å²) in [6, 6.07) is 4.50. The molecule has 1 N–H and O–H groups in total. The molecule has 0 radical (unpaired) electrons. The second-order valence-corrected chi connectivity index (χ2v) is 6.52. The molecule has 0 unspecified atom stereocenters. The van der Waals surface area contributed by atoms with Crippen LogP contribution in [0, 0.1) is 5.41 Å². The number of carbonyl (C=O) groups is 1. The van der Waals surface area contributed by atoms with Crippen LogP contribution in [0.15, 0.2) is 18.2 Å². The van der Waals surface area contributed by atoms with Gasteiger partial charge in [-0.25, -0.2) is 13.6 Å². The van der Waals surface area contributed by atoms with Gasteiger partial charge >= 0.3 is 6.03 Å². The van der Waals surface area contributed by atoms with Crippen molar-refractivity contribution in [3.8, 4) is 0 Å². The molecule has 0 bridgehead atoms. The number of amides is 2. The third-order valence-corrected chi connectivity index (χ3v) is 5.13. The quantitative estimate of drug-likeness (QED) is 0.796. The average Bonchev–Trinajstić information content (AvgIpc) is 2.95. The first kappa shape index (κ1) is 14.9. The molecule has 3 nitrogen and oxygen atoms in total. The van der Waals surface area contributed by atoms with Crippen LogP contribution in [0.5, 0.6) is 0 Å². The molecule has 2 aliphatic rings. The summed E-state index contributed by atoms with van der Waals surface area (Å²) in [7, 11) is 0. The lowest BCUT2D eigenvalue weighted by molar-refractivity contribution is 0.0380. The van der Waals surface area contributed by atoms with Gasteiger partial charge in [0, 0.05) is 30.6 Å². The Morgan fingerprint density at radius 3 is 2.33 bits per heavy atom. The number of piperidine rings is 1. The number of likely N-dealkylation sites (tertiary alicyclic amines) is 1. The van der Waals surface area contributed by atoms with Crippen molar-refractivity contribution in [1.29, 1.82) is 0 Å². The maximum Gasteiger partial charge on any atom is 0.321 e. The lowest BCUT2D eigenvalue weighted by Gasteiger charge is -2.32. The van der Waals surface area contributed by atoms with Crippen LogP contribution < -0.4 is 5.32 Å². The zero-order valence-corrected chi connectivity index (χ0v) is 12.6. The van der Waals surface area contributed by atoms with E-state index in [2.05, 4.69) is 5.32 Å². The second kappa shape index (κ2) is 4.99. The van der Waals surface area contributed by atoms with E-state index in [0.29, 0.717) is 41.7 Å². The number of nitrogens with one attached hydrogen (secondary N) is 1. The van der Waals surface area contributed by atoms with Crippen LogP contribution in [0.2, 0.25) is 10.0 Å². The highest BCUT2D eigenvalue weighted by molar-refractivity contribution is 6.42. The third kappa shape index (κ3) is 2.69. The second-order valence-electron chi connectivity index (χ2n) is 5.71. The average molecular weight is 335 g/mol. The number of nitrogens with zero attached hydrogens (tertiary/aromatic N) is 1. The van der Waals surface area contributed by atoms with E-state index >= 15 is 0 Å². The fourth-order valence-corrected chi connectivity index (χ4v) is 3.14. The Labute approximate surface area is 131 Å². The number of hydrogen-bond acceptors (Lipinski definition) is 1. The van der Waals surface area contributed by atoms with E-state index in [1.165, 1.54) is 0 Å². The Kier molecular flexibility index (Phi) is 3.53. The van der Waals surface area contributed by atoms with E-state index in [9.17, 15) is 13.6 Å². The van der Waals surface area contributed by atoms with Crippen LogP contribution in [-0.4, -0.2) is 29.9 Å². The number of benzene rings is 1. The Bertz CT molecular complexity index is 586. The molecule has 1 heterocycles. The van der Waals surface area contributed by atoms with Crippen molar-refractivity contribution in [3.05, 3.63) is 28.2 Å². The lowest BCUT2D eigenvalue weighted by atomic mass is 9.93. The van der Waals surface area contributed by atoms with Crippen LogP contribution in [0.3, 0.4) is 0 Å². The molecule has 1 saturated carbocycles. The summed E-state index contributed by atoms with van der Waals surface area (Å²) in [4.78, 5) is 13.7. The topological polar surface area (TPSA) is 32.3 Å². The van der Waals surface area contributed by atoms with Crippen LogP contribution in [0.4, 0.5) is 19.3 Å². The molecule has 1 saturated heterocycles. The summed E-state index contributed by atoms with van der Waals surface area (Å²) in [6.07, 6.45) is 0.672. The molecule has 1 aromatic carbocycles. The van der Waals surface area contributed by atoms with Crippen molar-refractivity contribution in [2.75, 3.05) is 18.4 Å². The number of hydrogen-bond donors (Lipinski definition) is 1. The molecular formula is C14H14Cl2F2N2O. The van der Waals surface area contributed by atoms with Gasteiger partial charge in [-0.1, -0.05) is 23.2 Å². The van der Waals surface area contributed by atoms with E-state index in [1.54, 1.807) is 23.1 Å². The first-order chi connectivity index (χ1) is 9.83. The van der Waals surface area contributed by atoms with Crippen molar-refractivity contribution in [2.24, 2.45) is 5.41 Å². The molecule has 1 aliphatic carbocycles. The SMILES string of the molecule is O=C(Nc1ccc(Cl)c(Cl)c1)N1CCC2(CC1)CC2(F)F. The summed E-state index contributed by atoms with van der Waals surface area (Å²) in [6.45, 7) is 0.700. The molecule has 1 spiro atoms. The minimum atomic E-state index is -2.54. The summed E-state index contributed by atoms with van der Waals surface area (Å²) in [5.74, 6) is -2.54. The van der Waals surface area contributed by atoms with Gasteiger partial charge in [-0.2, -0.15) is 0 Å². The number of carbonyl (C=O) groups excluding carboxylic acids is 1. The van der Waals surface area contributed by atoms with Gasteiger partial charge in [0.25, 0.3) is 5.92 Å². The lowest BCUT2D eigenvalue weighted by Crippen LogP contribution is -2.42. The number of halogens is 4. The number of rotatable bonds is 1. The maximum atomic E-state index is 13.3. The summed E-state index contributed by atoms with van der Waals surface area (Å²) in [5.41, 5.74) is -0.320. The van der Waals surface area contributed by atoms with Crippen molar-refractivity contribution < 1.29 is 13.6 Å². The standard InChI is InChI=1S/C14H14Cl2F2N2O/c15-10-2-1-9(7-11(10)16)19-12(21)20-5-3-13(4-6-20)8-14(13,17)18/h1-2,7H,3-6,8H2,(H,19,21). The van der Waals surface area contributed by atoms with Crippen molar-refractivity contribution in [2.45, 2.75) is 25.2 Å². The Morgan fingerprint density at radius 1 is 1.19 bits per heavy atom. The third-order valence-electron chi connectivity index (χ3n) is 4.39. The van der Waals surface area contributed by atoms with Gasteiger partial charge in [0.15, 0.2) is 0 Å². The first-order valence-electron chi connectivity index (χ1n) is 6.72. The zero-order valence-electron chi connectivity index (χ0n) is 11.1. The highest BCUT2D eigenvalue weighted by Crippen LogP contribution is 2.65. The highest BCUT2D eigenvalue weighted by Gasteiger charge is 2.70. The van der Waals surface area contributed by atoms with Gasteiger partial charge in [-0.15, -0.1) is 0 Å². The van der Waals surface area contributed by atoms with Crippen molar-refractivity contribution in [1.82, 2.24) is 4.90 Å². The van der Waals surface area contributed by atoms with E-state index < -0.39 is 11.3 Å². The van der Waals surface area contributed by atoms with Gasteiger partial charge in [-0.05, 0) is 31.0 Å². The molecule has 1 aromatic rings. The molecule has 2 fully saturated rings. The molecule has 2 amide bonds. The molecule has 7 heteroatoms. The van der Waals surface area contributed by atoms with Crippen molar-refractivity contribution in [3.63, 3.8) is 0 Å². The zero-order chi connectivity index (χ0) is 15.3. The molecule has 0 atom stereocenters. The van der Waals surface area contributed by atoms with Crippen LogP contribution >= 0.6 is 23.2 Å². The molecular weight excluding hydrogens is 321 g/mol. The fourth-order valence-electron chi connectivity index (χ4n) is 2.84. The van der Waals surface area contributed by atoms with Crippen molar-refractivity contribution >= 4 is 34.9 Å². The minimum absolute atomic E-state index is 0.0394. The van der Waals surface area contributed by atoms with E-state index in [4.69, 9.17) is 23.2 Å². The summed E-state index contributed by atoms with van der Waals surface area (Å²) < 4.78 is 26.6. The van der Waals surface area contributed by atoms with Crippen LogP contribution in [-0.2, 0) is 0 Å². The predicted octanol–water partition coefficient (Wildman–Crippen LogP) is 4.65. The van der Waals surface area contributed by atoms with Gasteiger partial charge in [0.05, 0.1) is 10.0 Å². The minimum Gasteiger partial charge on any atom is -0.324 e. The first-order valence-corrected chi connectivity index (χ1v) is 7.47. The molecule has 3 rings (SSSR count). The molecule has 21 heavy (non-hydrogen) atoms. The Hall–Kier alpha value is -1.07. The highest BCUT2D eigenvalue weighted by atomic mass is 35.5. The van der Waals surface area contributed by atoms with Gasteiger partial charge in [0.1, 0.15) is 0 Å². The fraction of sp³-hybridized carbons (Fsp3) is 0.500. The smallest absolute Gasteiger partial charge is 0.321 e. The number of alkyl halides is 2. The summed E-state index contributed by atoms with van der Waals surface area (Å²) in [5, 5.41) is 3.46. The van der Waals surface area contributed by atoms with Gasteiger partial charge in [0.2, 0.25) is 0 Å². The number of anilines is 1. The molecule has 114 valence electrons. The van der Waals surface area contributed by atoms with Crippen LogP contribution in [0.25, 0.3) is 0 Å². The van der Waals surface area contributed by atoms with E-state index in [0.717, 1.165) is 0 Å². The maximum absolute atomic E-state index is 13.3. The normalized spacial score (nSPS) is 22.2. The predicted molar refractivity (Wildman–Crippen MR) is 78.3 cm³/mol. The largest absolute Gasteiger partial charge is 0.324 e. The Balaban J connectivity index is 1.58. The van der Waals surface area contributed by atoms with Gasteiger partial charge < -0.3 is 10.2 Å². The molecule has 1 aliphatic heterocycles. The van der Waals surface area contributed by atoms with Gasteiger partial charge in [-0.3, -0.25) is 0 Å². The van der Waals surface area contributed by atoms with Crippen LogP contribution in [0.1, 0.15) is 19.3 Å². The molecule has 0 aromatic heterocycles. The monoisotopic (exact) mass is 334 g/mol. The van der Waals surface area contributed by atoms with E-state index in [-0.39, 0.29) is 12.5 Å². The number of urea groups is 1.